The van der Waals surface area contributed by atoms with E-state index in [1.807, 2.05) is 0 Å². The van der Waals surface area contributed by atoms with Gasteiger partial charge in [0.2, 0.25) is 0 Å². The van der Waals surface area contributed by atoms with Gasteiger partial charge in [-0.15, -0.1) is 0 Å². The molecule has 0 saturated carbocycles. The lowest BCUT2D eigenvalue weighted by atomic mass is 9.84. The largest absolute Gasteiger partial charge is 0.460 e. The molecule has 0 fully saturated rings. The van der Waals surface area contributed by atoms with Gasteiger partial charge >= 0.3 is 77.2 Å². The van der Waals surface area contributed by atoms with E-state index in [1.165, 1.54) is 0 Å². The van der Waals surface area contributed by atoms with Crippen LogP contribution in [0.4, 0.5) is 119 Å². The fourth-order valence-electron chi connectivity index (χ4n) is 3.32. The van der Waals surface area contributed by atoms with E-state index in [-0.39, 0.29) is 0 Å². The van der Waals surface area contributed by atoms with Gasteiger partial charge < -0.3 is 4.90 Å². The van der Waals surface area contributed by atoms with Crippen LogP contribution >= 0.6 is 0 Å². The van der Waals surface area contributed by atoms with Crippen LogP contribution in [0.1, 0.15) is 13.3 Å². The van der Waals surface area contributed by atoms with Crippen molar-refractivity contribution in [3.8, 4) is 0 Å². The number of nitrogens with zero attached hydrogens (tertiary/aromatic N) is 1. The van der Waals surface area contributed by atoms with Gasteiger partial charge in [0.15, 0.2) is 0 Å². The molecule has 0 atom stereocenters. The van der Waals surface area contributed by atoms with Crippen LogP contribution in [0.2, 0.25) is 0 Å². The summed E-state index contributed by atoms with van der Waals surface area (Å²) in [5.41, 5.74) is 0. The Labute approximate surface area is 267 Å². The molecule has 0 bridgehead atoms. The number of carbonyl (C=O) groups is 1. The van der Waals surface area contributed by atoms with Gasteiger partial charge in [-0.2, -0.15) is 127 Å². The van der Waals surface area contributed by atoms with E-state index in [4.69, 9.17) is 4.55 Å². The highest BCUT2D eigenvalue weighted by Crippen LogP contribution is 2.68. The monoisotopic (exact) mass is 863 g/mol. The van der Waals surface area contributed by atoms with Crippen molar-refractivity contribution in [1.29, 1.82) is 0 Å². The smallest absolute Gasteiger partial charge is 0.338 e. The Balaban J connectivity index is 7.38. The maximum atomic E-state index is 14.2. The summed E-state index contributed by atoms with van der Waals surface area (Å²) in [5, 5.41) is 0. The maximum Gasteiger partial charge on any atom is 0.460 e. The summed E-state index contributed by atoms with van der Waals surface area (Å²) < 4.78 is 396. The van der Waals surface area contributed by atoms with Gasteiger partial charge in [0.05, 0.1) is 5.75 Å². The number of amides is 1. The second-order valence-corrected chi connectivity index (χ2v) is 11.5. The molecule has 33 heteroatoms. The average molecular weight is 863 g/mol. The molecule has 0 spiro atoms. The molecule has 5 nitrogen and oxygen atoms in total. The Bertz CT molecular complexity index is 1420. The van der Waals surface area contributed by atoms with Crippen LogP contribution in [0, 0.1) is 0 Å². The van der Waals surface area contributed by atoms with Crippen LogP contribution in [-0.2, 0) is 14.9 Å². The van der Waals surface area contributed by atoms with Crippen molar-refractivity contribution in [2.24, 2.45) is 0 Å². The molecule has 1 N–H and O–H groups in total. The third-order valence-corrected chi connectivity index (χ3v) is 7.27. The molecule has 0 radical (unpaired) electrons. The van der Waals surface area contributed by atoms with E-state index in [0.717, 1.165) is 0 Å². The first-order chi connectivity index (χ1) is 22.1. The summed E-state index contributed by atoms with van der Waals surface area (Å²) in [4.78, 5) is 10.8. The van der Waals surface area contributed by atoms with Crippen LogP contribution in [0.15, 0.2) is 0 Å². The topological polar surface area (TPSA) is 74.7 Å². The molecule has 0 aromatic rings. The molecule has 0 aromatic heterocycles. The standard InChI is InChI=1S/C19H12F27NO4S/c1-2-47(4-3-5-52(49,50)51)6(48)7(20,21)8(22,23)9(24,25)10(26,27)11(28,29)12(30,31)13(32,33)14(34,35)15(36,37)16(38,39)17(40,41)18(42,43)19(44,45)46/h2-5H2,1H3,(H,49,50,51). The highest BCUT2D eigenvalue weighted by atomic mass is 32.2. The predicted molar refractivity (Wildman–Crippen MR) is 109 cm³/mol. The fraction of sp³-hybridized carbons (Fsp3) is 0.947. The lowest BCUT2D eigenvalue weighted by Gasteiger charge is -2.46. The third kappa shape index (κ3) is 6.62. The molecule has 0 unspecified atom stereocenters. The molecule has 0 saturated heterocycles. The first-order valence-electron chi connectivity index (χ1n) is 11.9. The van der Waals surface area contributed by atoms with Crippen LogP contribution in [0.5, 0.6) is 0 Å². The van der Waals surface area contributed by atoms with Gasteiger partial charge in [-0.05, 0) is 13.3 Å². The second-order valence-electron chi connectivity index (χ2n) is 9.91. The molecular weight excluding hydrogens is 851 g/mol. The normalized spacial score (nSPS) is 16.3. The minimum Gasteiger partial charge on any atom is -0.338 e. The van der Waals surface area contributed by atoms with Crippen molar-refractivity contribution in [2.75, 3.05) is 18.8 Å². The van der Waals surface area contributed by atoms with Crippen LogP contribution in [0.3, 0.4) is 0 Å². The quantitative estimate of drug-likeness (QED) is 0.118. The maximum absolute atomic E-state index is 14.2. The lowest BCUT2D eigenvalue weighted by Crippen LogP contribution is -2.79. The first kappa shape index (κ1) is 49.5. The molecule has 0 aromatic carbocycles. The third-order valence-electron chi connectivity index (χ3n) is 6.46. The zero-order chi connectivity index (χ0) is 43.0. The Morgan fingerprint density at radius 1 is 0.462 bits per heavy atom. The van der Waals surface area contributed by atoms with Crippen molar-refractivity contribution in [1.82, 2.24) is 4.90 Å². The van der Waals surface area contributed by atoms with E-state index in [1.54, 1.807) is 0 Å². The van der Waals surface area contributed by atoms with Gasteiger partial charge in [0.25, 0.3) is 16.0 Å². The number of alkyl halides is 27. The van der Waals surface area contributed by atoms with Crippen molar-refractivity contribution in [3.63, 3.8) is 0 Å². The Morgan fingerprint density at radius 3 is 0.904 bits per heavy atom. The van der Waals surface area contributed by atoms with Gasteiger partial charge in [-0.3, -0.25) is 9.35 Å². The van der Waals surface area contributed by atoms with Crippen molar-refractivity contribution in [3.05, 3.63) is 0 Å². The molecule has 0 aliphatic heterocycles. The summed E-state index contributed by atoms with van der Waals surface area (Å²) in [7, 11) is -5.12. The molecule has 0 aliphatic rings. The summed E-state index contributed by atoms with van der Waals surface area (Å²) in [6.07, 6.45) is -9.63. The van der Waals surface area contributed by atoms with E-state index in [2.05, 4.69) is 0 Å². The van der Waals surface area contributed by atoms with Crippen molar-refractivity contribution in [2.45, 2.75) is 90.6 Å². The SMILES string of the molecule is CCN(CCCS(=O)(=O)O)C(=O)C(F)(F)C(F)(F)C(F)(F)C(F)(F)C(F)(F)C(F)(F)C(F)(F)C(F)(F)C(F)(F)C(F)(F)C(F)(F)C(F)(F)C(F)(F)F. The zero-order valence-corrected chi connectivity index (χ0v) is 24.4. The van der Waals surface area contributed by atoms with Crippen LogP contribution < -0.4 is 0 Å². The minimum absolute atomic E-state index is 0.392. The summed E-state index contributed by atoms with van der Waals surface area (Å²) in [6, 6.07) is 0. The van der Waals surface area contributed by atoms with Crippen molar-refractivity contribution < 1.29 is 136 Å². The zero-order valence-electron chi connectivity index (χ0n) is 23.6. The highest BCUT2D eigenvalue weighted by molar-refractivity contribution is 7.85. The number of hydrogen-bond acceptors (Lipinski definition) is 3. The van der Waals surface area contributed by atoms with E-state index >= 15 is 0 Å². The lowest BCUT2D eigenvalue weighted by molar-refractivity contribution is -0.484. The molecule has 312 valence electrons. The summed E-state index contributed by atoms with van der Waals surface area (Å²) >= 11 is 0. The Morgan fingerprint density at radius 2 is 0.692 bits per heavy atom. The molecule has 0 heterocycles. The minimum atomic E-state index is -9.90. The Hall–Kier alpha value is -2.51. The highest BCUT2D eigenvalue weighted by Gasteiger charge is 3.00. The number of rotatable bonds is 17. The predicted octanol–water partition coefficient (Wildman–Crippen LogP) is 8.30. The van der Waals surface area contributed by atoms with E-state index in [0.29, 0.717) is 6.92 Å². The number of hydrogen-bond donors (Lipinski definition) is 1. The van der Waals surface area contributed by atoms with Gasteiger partial charge in [-0.1, -0.05) is 0 Å². The summed E-state index contributed by atoms with van der Waals surface area (Å²) in [6.45, 7) is -2.83. The van der Waals surface area contributed by atoms with Crippen LogP contribution in [-0.4, -0.2) is 120 Å². The van der Waals surface area contributed by atoms with Gasteiger partial charge in [0.1, 0.15) is 0 Å². The first-order valence-corrected chi connectivity index (χ1v) is 13.5. The van der Waals surface area contributed by atoms with Crippen LogP contribution in [0.25, 0.3) is 0 Å². The molecule has 0 rings (SSSR count). The second kappa shape index (κ2) is 13.1. The van der Waals surface area contributed by atoms with E-state index in [9.17, 15) is 132 Å². The molecule has 1 amide bonds. The molecule has 52 heavy (non-hydrogen) atoms. The van der Waals surface area contributed by atoms with E-state index < -0.39 is 123 Å². The van der Waals surface area contributed by atoms with Crippen molar-refractivity contribution >= 4 is 16.0 Å². The number of carbonyl (C=O) groups excluding carboxylic acids is 1. The molecular formula is C19H12F27NO4S. The summed E-state index contributed by atoms with van der Waals surface area (Å²) in [5.74, 6) is -118. The van der Waals surface area contributed by atoms with Gasteiger partial charge in [0, 0.05) is 13.1 Å². The molecule has 0 aliphatic carbocycles. The fourth-order valence-corrected chi connectivity index (χ4v) is 3.82. The number of halogens is 27. The Kier molecular flexibility index (Phi) is 12.4. The average Bonchev–Trinajstić information content (AvgIpc) is 2.92. The van der Waals surface area contributed by atoms with Gasteiger partial charge in [-0.25, -0.2) is 0 Å².